The van der Waals surface area contributed by atoms with Crippen molar-refractivity contribution in [1.29, 1.82) is 0 Å². The SMILES string of the molecule is CC(N)C1CCN(C(=O)c2ccc3nccn3c2)CC1.Cl.Cl. The van der Waals surface area contributed by atoms with Crippen LogP contribution in [0.15, 0.2) is 30.7 Å². The Bertz CT molecular complexity index is 621. The van der Waals surface area contributed by atoms with Gasteiger partial charge in [0.2, 0.25) is 0 Å². The molecule has 0 spiro atoms. The van der Waals surface area contributed by atoms with E-state index in [1.807, 2.05) is 33.8 Å². The summed E-state index contributed by atoms with van der Waals surface area (Å²) in [5.74, 6) is 0.638. The molecule has 0 radical (unpaired) electrons. The highest BCUT2D eigenvalue weighted by Gasteiger charge is 2.25. The van der Waals surface area contributed by atoms with Crippen LogP contribution in [0.5, 0.6) is 0 Å². The van der Waals surface area contributed by atoms with E-state index in [1.54, 1.807) is 6.20 Å². The summed E-state index contributed by atoms with van der Waals surface area (Å²) >= 11 is 0. The summed E-state index contributed by atoms with van der Waals surface area (Å²) in [5.41, 5.74) is 7.51. The normalized spacial score (nSPS) is 16.7. The molecule has 1 aliphatic heterocycles. The summed E-state index contributed by atoms with van der Waals surface area (Å²) in [5, 5.41) is 0. The van der Waals surface area contributed by atoms with Crippen molar-refractivity contribution < 1.29 is 4.79 Å². The third-order valence-corrected chi connectivity index (χ3v) is 4.21. The number of piperidine rings is 1. The lowest BCUT2D eigenvalue weighted by Gasteiger charge is -2.33. The number of halogens is 2. The monoisotopic (exact) mass is 344 g/mol. The van der Waals surface area contributed by atoms with E-state index in [1.165, 1.54) is 0 Å². The summed E-state index contributed by atoms with van der Waals surface area (Å²) in [6.07, 6.45) is 7.43. The zero-order valence-electron chi connectivity index (χ0n) is 12.5. The van der Waals surface area contributed by atoms with Gasteiger partial charge in [0.25, 0.3) is 5.91 Å². The lowest BCUT2D eigenvalue weighted by Crippen LogP contribution is -2.42. The summed E-state index contributed by atoms with van der Waals surface area (Å²) in [6.45, 7) is 3.65. The summed E-state index contributed by atoms with van der Waals surface area (Å²) < 4.78 is 1.88. The van der Waals surface area contributed by atoms with Gasteiger partial charge in [0, 0.05) is 37.7 Å². The van der Waals surface area contributed by atoms with Gasteiger partial charge in [0.1, 0.15) is 5.65 Å². The van der Waals surface area contributed by atoms with E-state index >= 15 is 0 Å². The van der Waals surface area contributed by atoms with Crippen LogP contribution in [0.1, 0.15) is 30.1 Å². The second-order valence-electron chi connectivity index (χ2n) is 5.60. The Morgan fingerprint density at radius 2 is 2.00 bits per heavy atom. The van der Waals surface area contributed by atoms with Crippen molar-refractivity contribution >= 4 is 36.4 Å². The smallest absolute Gasteiger partial charge is 0.255 e. The fourth-order valence-electron chi connectivity index (χ4n) is 2.86. The molecule has 7 heteroatoms. The van der Waals surface area contributed by atoms with Gasteiger partial charge in [0.15, 0.2) is 0 Å². The highest BCUT2D eigenvalue weighted by Crippen LogP contribution is 2.21. The molecular formula is C15H22Cl2N4O. The van der Waals surface area contributed by atoms with E-state index in [0.29, 0.717) is 5.92 Å². The number of carbonyl (C=O) groups excluding carboxylic acids is 1. The first-order valence-corrected chi connectivity index (χ1v) is 7.13. The van der Waals surface area contributed by atoms with Crippen molar-refractivity contribution in [2.75, 3.05) is 13.1 Å². The molecular weight excluding hydrogens is 323 g/mol. The lowest BCUT2D eigenvalue weighted by molar-refractivity contribution is 0.0680. The first-order chi connectivity index (χ1) is 9.65. The number of fused-ring (bicyclic) bond motifs is 1. The molecule has 2 aromatic heterocycles. The predicted octanol–water partition coefficient (Wildman–Crippen LogP) is 2.38. The van der Waals surface area contributed by atoms with Crippen LogP contribution in [0.25, 0.3) is 5.65 Å². The molecule has 1 amide bonds. The van der Waals surface area contributed by atoms with Crippen LogP contribution in [0, 0.1) is 5.92 Å². The Labute approximate surface area is 142 Å². The van der Waals surface area contributed by atoms with Crippen LogP contribution < -0.4 is 5.73 Å². The topological polar surface area (TPSA) is 63.6 Å². The quantitative estimate of drug-likeness (QED) is 0.909. The largest absolute Gasteiger partial charge is 0.339 e. The number of amides is 1. The maximum atomic E-state index is 12.5. The maximum Gasteiger partial charge on any atom is 0.255 e. The van der Waals surface area contributed by atoms with Crippen LogP contribution in [0.3, 0.4) is 0 Å². The van der Waals surface area contributed by atoms with Crippen molar-refractivity contribution in [1.82, 2.24) is 14.3 Å². The minimum Gasteiger partial charge on any atom is -0.339 e. The zero-order valence-corrected chi connectivity index (χ0v) is 14.1. The molecule has 1 fully saturated rings. The third kappa shape index (κ3) is 3.72. The Morgan fingerprint density at radius 1 is 1.32 bits per heavy atom. The number of imidazole rings is 1. The first kappa shape index (κ1) is 18.7. The average molecular weight is 345 g/mol. The number of pyridine rings is 1. The highest BCUT2D eigenvalue weighted by atomic mass is 35.5. The average Bonchev–Trinajstić information content (AvgIpc) is 2.94. The van der Waals surface area contributed by atoms with Crippen molar-refractivity contribution in [2.45, 2.75) is 25.8 Å². The molecule has 122 valence electrons. The van der Waals surface area contributed by atoms with Gasteiger partial charge in [-0.05, 0) is 37.8 Å². The van der Waals surface area contributed by atoms with Gasteiger partial charge in [-0.2, -0.15) is 0 Å². The minimum absolute atomic E-state index is 0. The standard InChI is InChI=1S/C15H20N4O.2ClH/c1-11(16)12-4-7-18(8-5-12)15(20)13-2-3-14-17-6-9-19(14)10-13;;/h2-3,6,9-12H,4-5,7-8,16H2,1H3;2*1H. The van der Waals surface area contributed by atoms with E-state index in [-0.39, 0.29) is 36.8 Å². The number of aromatic nitrogens is 2. The molecule has 1 saturated heterocycles. The van der Waals surface area contributed by atoms with Gasteiger partial charge >= 0.3 is 0 Å². The molecule has 3 rings (SSSR count). The number of rotatable bonds is 2. The highest BCUT2D eigenvalue weighted by molar-refractivity contribution is 5.94. The molecule has 1 aliphatic rings. The van der Waals surface area contributed by atoms with Crippen molar-refractivity contribution in [3.05, 3.63) is 36.3 Å². The maximum absolute atomic E-state index is 12.5. The second kappa shape index (κ2) is 7.81. The third-order valence-electron chi connectivity index (χ3n) is 4.21. The molecule has 5 nitrogen and oxygen atoms in total. The molecule has 3 heterocycles. The number of likely N-dealkylation sites (tertiary alicyclic amines) is 1. The molecule has 0 aromatic carbocycles. The van der Waals surface area contributed by atoms with E-state index in [4.69, 9.17) is 5.73 Å². The van der Waals surface area contributed by atoms with E-state index in [9.17, 15) is 4.79 Å². The van der Waals surface area contributed by atoms with Crippen LogP contribution in [0.4, 0.5) is 0 Å². The summed E-state index contributed by atoms with van der Waals surface area (Å²) in [6, 6.07) is 3.94. The van der Waals surface area contributed by atoms with Gasteiger partial charge in [-0.15, -0.1) is 24.8 Å². The van der Waals surface area contributed by atoms with Crippen LogP contribution in [-0.4, -0.2) is 39.3 Å². The summed E-state index contributed by atoms with van der Waals surface area (Å²) in [7, 11) is 0. The van der Waals surface area contributed by atoms with E-state index in [2.05, 4.69) is 11.9 Å². The van der Waals surface area contributed by atoms with Crippen LogP contribution in [0.2, 0.25) is 0 Å². The van der Waals surface area contributed by atoms with Crippen LogP contribution in [-0.2, 0) is 0 Å². The van der Waals surface area contributed by atoms with E-state index in [0.717, 1.165) is 37.1 Å². The summed E-state index contributed by atoms with van der Waals surface area (Å²) in [4.78, 5) is 18.6. The molecule has 22 heavy (non-hydrogen) atoms. The lowest BCUT2D eigenvalue weighted by atomic mass is 9.91. The minimum atomic E-state index is 0. The number of carbonyl (C=O) groups is 1. The van der Waals surface area contributed by atoms with Crippen molar-refractivity contribution in [2.24, 2.45) is 11.7 Å². The Kier molecular flexibility index (Phi) is 6.66. The van der Waals surface area contributed by atoms with Gasteiger partial charge in [-0.25, -0.2) is 4.98 Å². The molecule has 1 atom stereocenters. The van der Waals surface area contributed by atoms with Gasteiger partial charge in [-0.3, -0.25) is 4.79 Å². The molecule has 0 saturated carbocycles. The zero-order chi connectivity index (χ0) is 14.1. The fraction of sp³-hybridized carbons (Fsp3) is 0.467. The van der Waals surface area contributed by atoms with Crippen LogP contribution >= 0.6 is 24.8 Å². The Morgan fingerprint density at radius 3 is 2.64 bits per heavy atom. The Hall–Kier alpha value is -1.30. The molecule has 2 aromatic rings. The molecule has 0 aliphatic carbocycles. The van der Waals surface area contributed by atoms with Gasteiger partial charge < -0.3 is 15.0 Å². The number of hydrogen-bond acceptors (Lipinski definition) is 3. The second-order valence-corrected chi connectivity index (χ2v) is 5.60. The number of nitrogens with zero attached hydrogens (tertiary/aromatic N) is 3. The van der Waals surface area contributed by atoms with Gasteiger partial charge in [-0.1, -0.05) is 0 Å². The number of nitrogens with two attached hydrogens (primary N) is 1. The Balaban J connectivity index is 0.00000121. The number of hydrogen-bond donors (Lipinski definition) is 1. The van der Waals surface area contributed by atoms with Crippen molar-refractivity contribution in [3.8, 4) is 0 Å². The van der Waals surface area contributed by atoms with E-state index < -0.39 is 0 Å². The first-order valence-electron chi connectivity index (χ1n) is 7.13. The van der Waals surface area contributed by atoms with Gasteiger partial charge in [0.05, 0.1) is 5.56 Å². The fourth-order valence-corrected chi connectivity index (χ4v) is 2.86. The van der Waals surface area contributed by atoms with Crippen molar-refractivity contribution in [3.63, 3.8) is 0 Å². The predicted molar refractivity (Wildman–Crippen MR) is 92.0 cm³/mol. The molecule has 2 N–H and O–H groups in total. The molecule has 1 unspecified atom stereocenters. The molecule has 0 bridgehead atoms.